The number of halogens is 3. The molecule has 1 atom stereocenters. The second kappa shape index (κ2) is 5.68. The largest absolute Gasteiger partial charge is 0.418 e. The number of nitrogens with two attached hydrogens (primary N) is 1. The normalized spacial score (nSPS) is 13.0. The summed E-state index contributed by atoms with van der Waals surface area (Å²) in [4.78, 5) is 0. The van der Waals surface area contributed by atoms with Crippen molar-refractivity contribution in [2.45, 2.75) is 26.1 Å². The second-order valence-electron chi connectivity index (χ2n) is 5.08. The van der Waals surface area contributed by atoms with Crippen LogP contribution in [-0.2, 0) is 6.18 Å². The Morgan fingerprint density at radius 2 is 1.67 bits per heavy atom. The van der Waals surface area contributed by atoms with E-state index in [2.05, 4.69) is 5.32 Å². The topological polar surface area (TPSA) is 38.0 Å². The first-order chi connectivity index (χ1) is 9.77. The number of rotatable bonds is 3. The first-order valence-electron chi connectivity index (χ1n) is 6.57. The van der Waals surface area contributed by atoms with E-state index in [-0.39, 0.29) is 17.4 Å². The van der Waals surface area contributed by atoms with Crippen molar-refractivity contribution in [1.82, 2.24) is 0 Å². The fourth-order valence-electron chi connectivity index (χ4n) is 2.09. The minimum absolute atomic E-state index is 0.0322. The number of benzene rings is 2. The van der Waals surface area contributed by atoms with Gasteiger partial charge in [0.05, 0.1) is 5.56 Å². The number of aryl methyl sites for hydroxylation is 1. The van der Waals surface area contributed by atoms with E-state index in [9.17, 15) is 13.2 Å². The van der Waals surface area contributed by atoms with Gasteiger partial charge in [-0.3, -0.25) is 0 Å². The van der Waals surface area contributed by atoms with E-state index in [4.69, 9.17) is 5.73 Å². The summed E-state index contributed by atoms with van der Waals surface area (Å²) >= 11 is 0. The first kappa shape index (κ1) is 15.2. The number of hydrogen-bond acceptors (Lipinski definition) is 2. The lowest BCUT2D eigenvalue weighted by molar-refractivity contribution is -0.136. The Kier molecular flexibility index (Phi) is 4.11. The molecule has 21 heavy (non-hydrogen) atoms. The molecule has 0 aliphatic carbocycles. The average Bonchev–Trinajstić information content (AvgIpc) is 2.40. The molecule has 0 fully saturated rings. The maximum Gasteiger partial charge on any atom is 0.418 e. The summed E-state index contributed by atoms with van der Waals surface area (Å²) < 4.78 is 39.1. The highest BCUT2D eigenvalue weighted by atomic mass is 19.4. The van der Waals surface area contributed by atoms with Crippen LogP contribution in [0.5, 0.6) is 0 Å². The smallest absolute Gasteiger partial charge is 0.399 e. The lowest BCUT2D eigenvalue weighted by Crippen LogP contribution is -2.14. The monoisotopic (exact) mass is 294 g/mol. The zero-order chi connectivity index (χ0) is 15.6. The zero-order valence-corrected chi connectivity index (χ0v) is 11.8. The molecule has 2 nitrogen and oxygen atoms in total. The van der Waals surface area contributed by atoms with E-state index >= 15 is 0 Å². The molecule has 0 bridgehead atoms. The molecule has 112 valence electrons. The highest BCUT2D eigenvalue weighted by molar-refractivity contribution is 5.60. The van der Waals surface area contributed by atoms with E-state index < -0.39 is 11.7 Å². The molecule has 0 heterocycles. The maximum atomic E-state index is 13.0. The molecule has 0 saturated heterocycles. The summed E-state index contributed by atoms with van der Waals surface area (Å²) in [7, 11) is 0. The van der Waals surface area contributed by atoms with Crippen LogP contribution < -0.4 is 11.1 Å². The van der Waals surface area contributed by atoms with Gasteiger partial charge >= 0.3 is 6.18 Å². The zero-order valence-electron chi connectivity index (χ0n) is 11.8. The van der Waals surface area contributed by atoms with Crippen molar-refractivity contribution in [1.29, 1.82) is 0 Å². The van der Waals surface area contributed by atoms with Crippen LogP contribution in [0.25, 0.3) is 0 Å². The molecule has 0 aromatic heterocycles. The summed E-state index contributed by atoms with van der Waals surface area (Å²) in [6, 6.07) is 11.2. The van der Waals surface area contributed by atoms with Gasteiger partial charge in [0.1, 0.15) is 0 Å². The number of nitrogen functional groups attached to an aromatic ring is 1. The van der Waals surface area contributed by atoms with Crippen molar-refractivity contribution in [3.05, 3.63) is 59.2 Å². The third kappa shape index (κ3) is 3.68. The molecule has 0 aliphatic rings. The van der Waals surface area contributed by atoms with Crippen LogP contribution in [0.3, 0.4) is 0 Å². The fraction of sp³-hybridized carbons (Fsp3) is 0.250. The second-order valence-corrected chi connectivity index (χ2v) is 5.08. The van der Waals surface area contributed by atoms with Crippen molar-refractivity contribution in [2.75, 3.05) is 11.1 Å². The van der Waals surface area contributed by atoms with Crippen LogP contribution in [-0.4, -0.2) is 0 Å². The van der Waals surface area contributed by atoms with Crippen LogP contribution in [0.2, 0.25) is 0 Å². The Morgan fingerprint density at radius 3 is 2.24 bits per heavy atom. The summed E-state index contributed by atoms with van der Waals surface area (Å²) in [6.45, 7) is 3.78. The molecule has 0 amide bonds. The van der Waals surface area contributed by atoms with Gasteiger partial charge in [-0.1, -0.05) is 29.8 Å². The standard InChI is InChI=1S/C16H17F3N2/c1-10-3-5-12(6-4-10)11(2)21-15-8-7-13(20)9-14(15)16(17,18)19/h3-9,11,21H,20H2,1-2H3. The van der Waals surface area contributed by atoms with Crippen molar-refractivity contribution < 1.29 is 13.2 Å². The lowest BCUT2D eigenvalue weighted by atomic mass is 10.0. The van der Waals surface area contributed by atoms with Gasteiger partial charge in [-0.2, -0.15) is 13.2 Å². The van der Waals surface area contributed by atoms with Crippen LogP contribution in [0, 0.1) is 6.92 Å². The van der Waals surface area contributed by atoms with Gasteiger partial charge < -0.3 is 11.1 Å². The van der Waals surface area contributed by atoms with Crippen molar-refractivity contribution >= 4 is 11.4 Å². The minimum atomic E-state index is -4.44. The maximum absolute atomic E-state index is 13.0. The van der Waals surface area contributed by atoms with E-state index in [0.717, 1.165) is 17.2 Å². The third-order valence-corrected chi connectivity index (χ3v) is 3.30. The average molecular weight is 294 g/mol. The van der Waals surface area contributed by atoms with Crippen LogP contribution in [0.15, 0.2) is 42.5 Å². The van der Waals surface area contributed by atoms with Crippen LogP contribution >= 0.6 is 0 Å². The highest BCUT2D eigenvalue weighted by Gasteiger charge is 2.34. The SMILES string of the molecule is Cc1ccc(C(C)Nc2ccc(N)cc2C(F)(F)F)cc1. The quantitative estimate of drug-likeness (QED) is 0.800. The molecule has 0 radical (unpaired) electrons. The molecule has 2 aromatic carbocycles. The molecule has 2 aromatic rings. The Hall–Kier alpha value is -2.17. The Balaban J connectivity index is 2.29. The molecule has 3 N–H and O–H groups in total. The van der Waals surface area contributed by atoms with E-state index in [1.807, 2.05) is 38.1 Å². The number of alkyl halides is 3. The predicted octanol–water partition coefficient (Wildman–Crippen LogP) is 4.77. The third-order valence-electron chi connectivity index (χ3n) is 3.30. The minimum Gasteiger partial charge on any atom is -0.399 e. The van der Waals surface area contributed by atoms with E-state index in [0.29, 0.717) is 0 Å². The molecular formula is C16H17F3N2. The molecule has 0 aliphatic heterocycles. The molecule has 5 heteroatoms. The Morgan fingerprint density at radius 1 is 1.05 bits per heavy atom. The first-order valence-corrected chi connectivity index (χ1v) is 6.57. The number of nitrogens with one attached hydrogen (secondary N) is 1. The van der Waals surface area contributed by atoms with Crippen LogP contribution in [0.1, 0.15) is 29.7 Å². The van der Waals surface area contributed by atoms with Crippen molar-refractivity contribution in [2.24, 2.45) is 0 Å². The van der Waals surface area contributed by atoms with E-state index in [1.165, 1.54) is 12.1 Å². The van der Waals surface area contributed by atoms with E-state index in [1.54, 1.807) is 0 Å². The van der Waals surface area contributed by atoms with Gasteiger partial charge in [-0.25, -0.2) is 0 Å². The summed E-state index contributed by atoms with van der Waals surface area (Å²) in [5, 5.41) is 2.90. The molecule has 1 unspecified atom stereocenters. The van der Waals surface area contributed by atoms with Gasteiger partial charge in [-0.15, -0.1) is 0 Å². The molecule has 2 rings (SSSR count). The van der Waals surface area contributed by atoms with Crippen molar-refractivity contribution in [3.8, 4) is 0 Å². The Labute approximate surface area is 121 Å². The molecule has 0 saturated carbocycles. The number of anilines is 2. The van der Waals surface area contributed by atoms with Gasteiger partial charge in [0, 0.05) is 17.4 Å². The highest BCUT2D eigenvalue weighted by Crippen LogP contribution is 2.37. The van der Waals surface area contributed by atoms with Gasteiger partial charge in [-0.05, 0) is 37.6 Å². The summed E-state index contributed by atoms with van der Waals surface area (Å²) in [5.74, 6) is 0. The molecular weight excluding hydrogens is 277 g/mol. The summed E-state index contributed by atoms with van der Waals surface area (Å²) in [6.07, 6.45) is -4.44. The Bertz CT molecular complexity index is 618. The van der Waals surface area contributed by atoms with Crippen molar-refractivity contribution in [3.63, 3.8) is 0 Å². The van der Waals surface area contributed by atoms with Gasteiger partial charge in [0.15, 0.2) is 0 Å². The summed E-state index contributed by atoms with van der Waals surface area (Å²) in [5.41, 5.74) is 6.86. The predicted molar refractivity (Wildman–Crippen MR) is 79.1 cm³/mol. The molecule has 0 spiro atoms. The lowest BCUT2D eigenvalue weighted by Gasteiger charge is -2.20. The fourth-order valence-corrected chi connectivity index (χ4v) is 2.09. The number of hydrogen-bond donors (Lipinski definition) is 2. The van der Waals surface area contributed by atoms with Gasteiger partial charge in [0.2, 0.25) is 0 Å². The van der Waals surface area contributed by atoms with Gasteiger partial charge in [0.25, 0.3) is 0 Å². The van der Waals surface area contributed by atoms with Crippen LogP contribution in [0.4, 0.5) is 24.5 Å².